The maximum atomic E-state index is 13.0. The predicted octanol–water partition coefficient (Wildman–Crippen LogP) is 2.38. The van der Waals surface area contributed by atoms with E-state index in [1.54, 1.807) is 6.07 Å². The van der Waals surface area contributed by atoms with E-state index in [-0.39, 0.29) is 11.7 Å². The van der Waals surface area contributed by atoms with Crippen molar-refractivity contribution in [1.82, 2.24) is 4.90 Å². The molecule has 0 spiro atoms. The molecule has 92 valence electrons. The Bertz CT molecular complexity index is 433. The van der Waals surface area contributed by atoms with Crippen molar-refractivity contribution in [2.45, 2.75) is 19.9 Å². The summed E-state index contributed by atoms with van der Waals surface area (Å²) >= 11 is 0. The first-order chi connectivity index (χ1) is 8.06. The Kier molecular flexibility index (Phi) is 3.52. The lowest BCUT2D eigenvalue weighted by Crippen LogP contribution is -2.39. The van der Waals surface area contributed by atoms with E-state index in [1.165, 1.54) is 6.07 Å². The first-order valence-electron chi connectivity index (χ1n) is 5.75. The summed E-state index contributed by atoms with van der Waals surface area (Å²) in [6.45, 7) is 3.86. The van der Waals surface area contributed by atoms with Gasteiger partial charge in [-0.25, -0.2) is 8.78 Å². The second-order valence-electron chi connectivity index (χ2n) is 4.60. The third-order valence-corrected chi connectivity index (χ3v) is 3.15. The van der Waals surface area contributed by atoms with E-state index < -0.39 is 11.6 Å². The summed E-state index contributed by atoms with van der Waals surface area (Å²) in [5.74, 6) is -1.32. The van der Waals surface area contributed by atoms with Crippen LogP contribution in [0.1, 0.15) is 18.9 Å². The maximum absolute atomic E-state index is 13.0. The average molecular weight is 239 g/mol. The van der Waals surface area contributed by atoms with Crippen LogP contribution in [-0.4, -0.2) is 23.8 Å². The highest BCUT2D eigenvalue weighted by Crippen LogP contribution is 2.16. The van der Waals surface area contributed by atoms with Crippen LogP contribution >= 0.6 is 0 Å². The summed E-state index contributed by atoms with van der Waals surface area (Å²) in [6.07, 6.45) is 0.546. The zero-order valence-corrected chi connectivity index (χ0v) is 9.75. The van der Waals surface area contributed by atoms with Crippen molar-refractivity contribution in [1.29, 1.82) is 0 Å². The van der Waals surface area contributed by atoms with Crippen molar-refractivity contribution in [3.8, 4) is 0 Å². The van der Waals surface area contributed by atoms with Gasteiger partial charge in [0.25, 0.3) is 0 Å². The highest BCUT2D eigenvalue weighted by atomic mass is 19.2. The number of nitrogens with zero attached hydrogens (tertiary/aromatic N) is 1. The van der Waals surface area contributed by atoms with Crippen molar-refractivity contribution >= 4 is 5.78 Å². The van der Waals surface area contributed by atoms with Gasteiger partial charge in [0.15, 0.2) is 11.6 Å². The Hall–Kier alpha value is -1.29. The standard InChI is InChI=1S/C13H15F2NO/c1-9-7-16(5-4-13(9)17)8-10-2-3-11(14)12(15)6-10/h2-3,6,9H,4-5,7-8H2,1H3. The molecule has 1 aliphatic rings. The molecule has 1 heterocycles. The number of carbonyl (C=O) groups is 1. The van der Waals surface area contributed by atoms with Crippen molar-refractivity contribution < 1.29 is 13.6 Å². The van der Waals surface area contributed by atoms with Crippen LogP contribution in [0.15, 0.2) is 18.2 Å². The lowest BCUT2D eigenvalue weighted by Gasteiger charge is -2.29. The Morgan fingerprint density at radius 2 is 2.12 bits per heavy atom. The number of carbonyl (C=O) groups excluding carboxylic acids is 1. The molecule has 1 aromatic carbocycles. The molecule has 0 aromatic heterocycles. The zero-order chi connectivity index (χ0) is 12.4. The van der Waals surface area contributed by atoms with Gasteiger partial charge >= 0.3 is 0 Å². The lowest BCUT2D eigenvalue weighted by molar-refractivity contribution is -0.125. The molecule has 0 bridgehead atoms. The molecule has 0 amide bonds. The molecular weight excluding hydrogens is 224 g/mol. The molecule has 1 unspecified atom stereocenters. The molecular formula is C13H15F2NO. The van der Waals surface area contributed by atoms with Gasteiger partial charge in [-0.3, -0.25) is 9.69 Å². The van der Waals surface area contributed by atoms with Crippen molar-refractivity contribution in [2.24, 2.45) is 5.92 Å². The van der Waals surface area contributed by atoms with Gasteiger partial charge in [0, 0.05) is 32.0 Å². The van der Waals surface area contributed by atoms with E-state index in [1.807, 2.05) is 6.92 Å². The van der Waals surface area contributed by atoms with Crippen LogP contribution in [0.25, 0.3) is 0 Å². The molecule has 0 saturated carbocycles. The first kappa shape index (κ1) is 12.2. The Balaban J connectivity index is 2.01. The molecule has 2 nitrogen and oxygen atoms in total. The van der Waals surface area contributed by atoms with Crippen LogP contribution in [0.5, 0.6) is 0 Å². The van der Waals surface area contributed by atoms with Gasteiger partial charge in [-0.05, 0) is 17.7 Å². The molecule has 0 radical (unpaired) electrons. The Morgan fingerprint density at radius 3 is 2.76 bits per heavy atom. The van der Waals surface area contributed by atoms with E-state index >= 15 is 0 Å². The highest BCUT2D eigenvalue weighted by Gasteiger charge is 2.23. The first-order valence-corrected chi connectivity index (χ1v) is 5.75. The van der Waals surface area contributed by atoms with Gasteiger partial charge in [-0.2, -0.15) is 0 Å². The summed E-state index contributed by atoms with van der Waals surface area (Å²) in [5, 5.41) is 0. The number of halogens is 2. The number of piperidine rings is 1. The molecule has 4 heteroatoms. The van der Waals surface area contributed by atoms with Crippen LogP contribution in [0.3, 0.4) is 0 Å². The zero-order valence-electron chi connectivity index (χ0n) is 9.75. The molecule has 17 heavy (non-hydrogen) atoms. The molecule has 0 aliphatic carbocycles. The van der Waals surface area contributed by atoms with Crippen LogP contribution < -0.4 is 0 Å². The predicted molar refractivity (Wildman–Crippen MR) is 60.4 cm³/mol. The smallest absolute Gasteiger partial charge is 0.159 e. The molecule has 1 saturated heterocycles. The number of hydrogen-bond donors (Lipinski definition) is 0. The molecule has 2 rings (SSSR count). The third-order valence-electron chi connectivity index (χ3n) is 3.15. The summed E-state index contributed by atoms with van der Waals surface area (Å²) in [6, 6.07) is 3.94. The van der Waals surface area contributed by atoms with E-state index in [0.29, 0.717) is 26.1 Å². The fourth-order valence-corrected chi connectivity index (χ4v) is 2.13. The number of rotatable bonds is 2. The minimum Gasteiger partial charge on any atom is -0.299 e. The molecule has 0 N–H and O–H groups in total. The van der Waals surface area contributed by atoms with Gasteiger partial charge in [0.2, 0.25) is 0 Å². The third kappa shape index (κ3) is 2.88. The van der Waals surface area contributed by atoms with Crippen molar-refractivity contribution in [2.75, 3.05) is 13.1 Å². The highest BCUT2D eigenvalue weighted by molar-refractivity contribution is 5.81. The molecule has 1 fully saturated rings. The summed E-state index contributed by atoms with van der Waals surface area (Å²) in [5.41, 5.74) is 0.741. The van der Waals surface area contributed by atoms with E-state index in [2.05, 4.69) is 4.90 Å². The Morgan fingerprint density at radius 1 is 1.35 bits per heavy atom. The fraction of sp³-hybridized carbons (Fsp3) is 0.462. The summed E-state index contributed by atoms with van der Waals surface area (Å²) in [4.78, 5) is 13.5. The van der Waals surface area contributed by atoms with Crippen LogP contribution in [0.4, 0.5) is 8.78 Å². The minimum atomic E-state index is -0.823. The summed E-state index contributed by atoms with van der Waals surface area (Å²) in [7, 11) is 0. The average Bonchev–Trinajstić information content (AvgIpc) is 2.29. The minimum absolute atomic E-state index is 0.0362. The SMILES string of the molecule is CC1CN(Cc2ccc(F)c(F)c2)CCC1=O. The van der Waals surface area contributed by atoms with Gasteiger partial charge in [-0.1, -0.05) is 13.0 Å². The number of ketones is 1. The lowest BCUT2D eigenvalue weighted by atomic mass is 9.98. The van der Waals surface area contributed by atoms with Gasteiger partial charge in [0.05, 0.1) is 0 Å². The largest absolute Gasteiger partial charge is 0.299 e. The molecule has 1 atom stereocenters. The van der Waals surface area contributed by atoms with Crippen LogP contribution in [0, 0.1) is 17.6 Å². The molecule has 1 aromatic rings. The van der Waals surface area contributed by atoms with Crippen LogP contribution in [-0.2, 0) is 11.3 Å². The monoisotopic (exact) mass is 239 g/mol. The Labute approximate surface area is 99.2 Å². The van der Waals surface area contributed by atoms with E-state index in [0.717, 1.165) is 11.6 Å². The van der Waals surface area contributed by atoms with Crippen molar-refractivity contribution in [3.63, 3.8) is 0 Å². The second kappa shape index (κ2) is 4.92. The topological polar surface area (TPSA) is 20.3 Å². The maximum Gasteiger partial charge on any atom is 0.159 e. The quantitative estimate of drug-likeness (QED) is 0.789. The number of Topliss-reactive ketones (excluding diaryl/α,β-unsaturated/α-hetero) is 1. The number of hydrogen-bond acceptors (Lipinski definition) is 2. The van der Waals surface area contributed by atoms with Crippen molar-refractivity contribution in [3.05, 3.63) is 35.4 Å². The van der Waals surface area contributed by atoms with Gasteiger partial charge < -0.3 is 0 Å². The van der Waals surface area contributed by atoms with Gasteiger partial charge in [0.1, 0.15) is 5.78 Å². The second-order valence-corrected chi connectivity index (χ2v) is 4.60. The van der Waals surface area contributed by atoms with Gasteiger partial charge in [-0.15, -0.1) is 0 Å². The van der Waals surface area contributed by atoms with E-state index in [4.69, 9.17) is 0 Å². The van der Waals surface area contributed by atoms with Crippen LogP contribution in [0.2, 0.25) is 0 Å². The normalized spacial score (nSPS) is 21.8. The fourth-order valence-electron chi connectivity index (χ4n) is 2.13. The number of likely N-dealkylation sites (tertiary alicyclic amines) is 1. The summed E-state index contributed by atoms with van der Waals surface area (Å²) < 4.78 is 25.8. The van der Waals surface area contributed by atoms with E-state index in [9.17, 15) is 13.6 Å². The molecule has 1 aliphatic heterocycles. The number of benzene rings is 1.